The van der Waals surface area contributed by atoms with Gasteiger partial charge < -0.3 is 9.84 Å². The molecule has 0 aromatic heterocycles. The average molecular weight is 215 g/mol. The summed E-state index contributed by atoms with van der Waals surface area (Å²) in [6.07, 6.45) is 0.212. The number of rotatable bonds is 2. The van der Waals surface area contributed by atoms with E-state index in [-0.39, 0.29) is 11.1 Å². The zero-order valence-corrected chi connectivity index (χ0v) is 7.38. The SMILES string of the molecule is C#Cc1c([CH]O)cccc1OC(F)(F)F. The summed E-state index contributed by atoms with van der Waals surface area (Å²) in [6, 6.07) is 3.75. The van der Waals surface area contributed by atoms with Crippen LogP contribution in [0.5, 0.6) is 5.75 Å². The second-order valence-corrected chi connectivity index (χ2v) is 2.54. The van der Waals surface area contributed by atoms with E-state index in [1.54, 1.807) is 0 Å². The number of aliphatic hydroxyl groups excluding tert-OH is 1. The lowest BCUT2D eigenvalue weighted by Gasteiger charge is -2.12. The van der Waals surface area contributed by atoms with Crippen LogP contribution < -0.4 is 4.74 Å². The monoisotopic (exact) mass is 215 g/mol. The molecule has 0 atom stereocenters. The minimum Gasteiger partial charge on any atom is -0.404 e. The standard InChI is InChI=1S/C10H6F3O2/c1-2-8-7(6-14)4-3-5-9(8)15-10(11,12)13/h1,3-6,14H. The topological polar surface area (TPSA) is 29.5 Å². The summed E-state index contributed by atoms with van der Waals surface area (Å²) in [5.41, 5.74) is -0.0448. The Labute approximate surface area is 84.3 Å². The van der Waals surface area contributed by atoms with E-state index in [9.17, 15) is 13.2 Å². The van der Waals surface area contributed by atoms with Crippen molar-refractivity contribution in [3.8, 4) is 18.1 Å². The van der Waals surface area contributed by atoms with Gasteiger partial charge in [0.1, 0.15) is 12.4 Å². The summed E-state index contributed by atoms with van der Waals surface area (Å²) in [5, 5.41) is 8.71. The predicted molar refractivity (Wildman–Crippen MR) is 46.4 cm³/mol. The van der Waals surface area contributed by atoms with E-state index < -0.39 is 12.1 Å². The molecule has 0 aliphatic carbocycles. The van der Waals surface area contributed by atoms with Gasteiger partial charge in [0.25, 0.3) is 0 Å². The van der Waals surface area contributed by atoms with Crippen molar-refractivity contribution in [2.75, 3.05) is 0 Å². The van der Waals surface area contributed by atoms with Crippen molar-refractivity contribution in [1.82, 2.24) is 0 Å². The molecule has 1 aromatic carbocycles. The molecule has 5 heteroatoms. The highest BCUT2D eigenvalue weighted by atomic mass is 19.4. The number of hydrogen-bond acceptors (Lipinski definition) is 2. The van der Waals surface area contributed by atoms with Crippen molar-refractivity contribution in [2.45, 2.75) is 6.36 Å². The number of ether oxygens (including phenoxy) is 1. The van der Waals surface area contributed by atoms with Crippen molar-refractivity contribution in [1.29, 1.82) is 0 Å². The molecule has 0 amide bonds. The molecule has 1 rings (SSSR count). The Morgan fingerprint density at radius 3 is 2.53 bits per heavy atom. The maximum Gasteiger partial charge on any atom is 0.573 e. The first kappa shape index (κ1) is 11.4. The molecule has 2 nitrogen and oxygen atoms in total. The minimum absolute atomic E-state index is 0.0965. The van der Waals surface area contributed by atoms with Gasteiger partial charge in [-0.3, -0.25) is 0 Å². The van der Waals surface area contributed by atoms with Crippen LogP contribution in [0.1, 0.15) is 11.1 Å². The third kappa shape index (κ3) is 2.89. The molecule has 0 bridgehead atoms. The molecule has 0 aliphatic heterocycles. The summed E-state index contributed by atoms with van der Waals surface area (Å²) < 4.78 is 39.5. The summed E-state index contributed by atoms with van der Waals surface area (Å²) in [7, 11) is 0. The molecular formula is C10H6F3O2. The van der Waals surface area contributed by atoms with Crippen LogP contribution in [0.3, 0.4) is 0 Å². The molecule has 0 fully saturated rings. The molecule has 79 valence electrons. The highest BCUT2D eigenvalue weighted by Gasteiger charge is 2.32. The van der Waals surface area contributed by atoms with Gasteiger partial charge >= 0.3 is 6.36 Å². The Kier molecular flexibility index (Phi) is 3.22. The first-order valence-corrected chi connectivity index (χ1v) is 3.80. The smallest absolute Gasteiger partial charge is 0.404 e. The largest absolute Gasteiger partial charge is 0.573 e. The maximum atomic E-state index is 11.9. The lowest BCUT2D eigenvalue weighted by Crippen LogP contribution is -2.18. The third-order valence-electron chi connectivity index (χ3n) is 1.57. The Hall–Kier alpha value is -1.67. The van der Waals surface area contributed by atoms with Gasteiger partial charge in [-0.05, 0) is 6.07 Å². The lowest BCUT2D eigenvalue weighted by molar-refractivity contribution is -0.274. The van der Waals surface area contributed by atoms with Gasteiger partial charge in [0.05, 0.1) is 5.56 Å². The normalized spacial score (nSPS) is 10.9. The lowest BCUT2D eigenvalue weighted by atomic mass is 10.1. The zero-order valence-electron chi connectivity index (χ0n) is 7.38. The van der Waals surface area contributed by atoms with Gasteiger partial charge in [0.15, 0.2) is 0 Å². The molecule has 0 spiro atoms. The van der Waals surface area contributed by atoms with Crippen molar-refractivity contribution >= 4 is 0 Å². The van der Waals surface area contributed by atoms with Gasteiger partial charge in [-0.15, -0.1) is 19.6 Å². The van der Waals surface area contributed by atoms with Crippen LogP contribution in [0.4, 0.5) is 13.2 Å². The van der Waals surface area contributed by atoms with Gasteiger partial charge in [-0.1, -0.05) is 18.1 Å². The molecule has 0 saturated carbocycles. The molecule has 1 aromatic rings. The van der Waals surface area contributed by atoms with Crippen molar-refractivity contribution in [3.05, 3.63) is 35.9 Å². The Balaban J connectivity index is 3.14. The number of hydrogen-bond donors (Lipinski definition) is 1. The van der Waals surface area contributed by atoms with Crippen molar-refractivity contribution < 1.29 is 23.0 Å². The van der Waals surface area contributed by atoms with E-state index in [4.69, 9.17) is 11.5 Å². The summed E-state index contributed by atoms with van der Waals surface area (Å²) >= 11 is 0. The first-order valence-electron chi connectivity index (χ1n) is 3.80. The Bertz CT molecular complexity index is 391. The zero-order chi connectivity index (χ0) is 11.5. The van der Waals surface area contributed by atoms with Crippen LogP contribution in [0.2, 0.25) is 0 Å². The van der Waals surface area contributed by atoms with E-state index in [1.165, 1.54) is 12.1 Å². The van der Waals surface area contributed by atoms with Crippen molar-refractivity contribution in [3.63, 3.8) is 0 Å². The predicted octanol–water partition coefficient (Wildman–Crippen LogP) is 2.45. The van der Waals surface area contributed by atoms with E-state index in [2.05, 4.69) is 4.74 Å². The van der Waals surface area contributed by atoms with Gasteiger partial charge in [-0.25, -0.2) is 0 Å². The first-order chi connectivity index (χ1) is 6.98. The van der Waals surface area contributed by atoms with Crippen LogP contribution in [0.25, 0.3) is 0 Å². The Morgan fingerprint density at radius 2 is 2.07 bits per heavy atom. The van der Waals surface area contributed by atoms with Gasteiger partial charge in [-0.2, -0.15) is 0 Å². The molecule has 0 unspecified atom stereocenters. The summed E-state index contributed by atoms with van der Waals surface area (Å²) in [5.74, 6) is 1.51. The molecule has 15 heavy (non-hydrogen) atoms. The summed E-state index contributed by atoms with van der Waals surface area (Å²) in [6.45, 7) is 0.623. The van der Waals surface area contributed by atoms with E-state index in [1.807, 2.05) is 5.92 Å². The molecule has 1 radical (unpaired) electrons. The number of halogens is 3. The van der Waals surface area contributed by atoms with Crippen LogP contribution >= 0.6 is 0 Å². The fourth-order valence-electron chi connectivity index (χ4n) is 1.02. The van der Waals surface area contributed by atoms with E-state index in [0.29, 0.717) is 6.61 Å². The molecule has 0 heterocycles. The van der Waals surface area contributed by atoms with Crippen molar-refractivity contribution in [2.24, 2.45) is 0 Å². The maximum absolute atomic E-state index is 11.9. The molecule has 1 N–H and O–H groups in total. The average Bonchev–Trinajstić information content (AvgIpc) is 2.15. The van der Waals surface area contributed by atoms with Crippen LogP contribution in [-0.4, -0.2) is 11.5 Å². The number of terminal acetylenes is 1. The quantitative estimate of drug-likeness (QED) is 0.768. The minimum atomic E-state index is -4.81. The fraction of sp³-hybridized carbons (Fsp3) is 0.100. The Morgan fingerprint density at radius 1 is 1.40 bits per heavy atom. The number of alkyl halides is 3. The second-order valence-electron chi connectivity index (χ2n) is 2.54. The second kappa shape index (κ2) is 4.24. The highest BCUT2D eigenvalue weighted by molar-refractivity contribution is 5.52. The number of aliphatic hydroxyl groups is 1. The fourth-order valence-corrected chi connectivity index (χ4v) is 1.02. The van der Waals surface area contributed by atoms with Crippen LogP contribution in [0, 0.1) is 19.0 Å². The molecule has 0 saturated heterocycles. The third-order valence-corrected chi connectivity index (χ3v) is 1.57. The molecular weight excluding hydrogens is 209 g/mol. The highest BCUT2D eigenvalue weighted by Crippen LogP contribution is 2.28. The van der Waals surface area contributed by atoms with E-state index in [0.717, 1.165) is 6.07 Å². The molecule has 0 aliphatic rings. The van der Waals surface area contributed by atoms with Crippen LogP contribution in [-0.2, 0) is 0 Å². The van der Waals surface area contributed by atoms with Crippen LogP contribution in [0.15, 0.2) is 18.2 Å². The van der Waals surface area contributed by atoms with E-state index >= 15 is 0 Å². The van der Waals surface area contributed by atoms with Gasteiger partial charge in [0, 0.05) is 5.56 Å². The summed E-state index contributed by atoms with van der Waals surface area (Å²) in [4.78, 5) is 0. The number of benzene rings is 1. The van der Waals surface area contributed by atoms with Gasteiger partial charge in [0.2, 0.25) is 0 Å².